The van der Waals surface area contributed by atoms with E-state index < -0.39 is 102 Å². The number of amides is 9. The van der Waals surface area contributed by atoms with Crippen molar-refractivity contribution in [2.45, 2.75) is 122 Å². The highest BCUT2D eigenvalue weighted by Gasteiger charge is 2.46. The molecule has 0 fully saturated rings. The lowest BCUT2D eigenvalue weighted by Crippen LogP contribution is -2.52. The predicted octanol–water partition coefficient (Wildman–Crippen LogP) is 2.84. The van der Waals surface area contributed by atoms with E-state index in [4.69, 9.17) is 14.5 Å². The summed E-state index contributed by atoms with van der Waals surface area (Å²) in [5.74, 6) is -5.47. The van der Waals surface area contributed by atoms with Crippen LogP contribution >= 0.6 is 0 Å². The molecule has 0 unspecified atom stereocenters. The lowest BCUT2D eigenvalue weighted by atomic mass is 9.81. The van der Waals surface area contributed by atoms with E-state index in [1.54, 1.807) is 81.4 Å². The molecule has 0 bridgehead atoms. The van der Waals surface area contributed by atoms with Crippen molar-refractivity contribution in [3.63, 3.8) is 0 Å². The van der Waals surface area contributed by atoms with Crippen molar-refractivity contribution in [1.29, 1.82) is 0 Å². The Balaban J connectivity index is 0.713. The van der Waals surface area contributed by atoms with Crippen LogP contribution in [0.15, 0.2) is 83.7 Å². The number of carbonyl (C=O) groups excluding carboxylic acids is 10. The molecule has 4 atom stereocenters. The third-order valence-corrected chi connectivity index (χ3v) is 15.6. The number of pyridine rings is 2. The van der Waals surface area contributed by atoms with Crippen LogP contribution in [0.1, 0.15) is 109 Å². The summed E-state index contributed by atoms with van der Waals surface area (Å²) in [6.45, 7) is 3.39. The van der Waals surface area contributed by atoms with Gasteiger partial charge in [-0.3, -0.25) is 48.1 Å². The number of imide groups is 1. The second-order valence-electron chi connectivity index (χ2n) is 21.6. The fourth-order valence-corrected chi connectivity index (χ4v) is 11.1. The van der Waals surface area contributed by atoms with Crippen molar-refractivity contribution in [1.82, 2.24) is 46.4 Å². The normalized spacial score (nSPS) is 16.9. The van der Waals surface area contributed by atoms with Crippen LogP contribution in [-0.2, 0) is 90.8 Å². The molecule has 450 valence electrons. The molecule has 5 heterocycles. The highest BCUT2D eigenvalue weighted by Crippen LogP contribution is 2.46. The Morgan fingerprint density at radius 1 is 0.814 bits per heavy atom. The van der Waals surface area contributed by atoms with Gasteiger partial charge in [-0.05, 0) is 92.0 Å². The minimum absolute atomic E-state index is 0.0443. The van der Waals surface area contributed by atoms with Crippen molar-refractivity contribution in [2.75, 3.05) is 31.5 Å². The number of nitrogens with one attached hydrogen (secondary N) is 7. The minimum Gasteiger partial charge on any atom is -0.458 e. The highest BCUT2D eigenvalue weighted by molar-refractivity contribution is 6.12. The Hall–Kier alpha value is -9.65. The van der Waals surface area contributed by atoms with Gasteiger partial charge in [0, 0.05) is 72.3 Å². The number of esters is 1. The van der Waals surface area contributed by atoms with Gasteiger partial charge in [-0.2, -0.15) is 0 Å². The van der Waals surface area contributed by atoms with Gasteiger partial charge >= 0.3 is 12.1 Å². The number of nitrogens with zero attached hydrogens (tertiary/aromatic N) is 3. The van der Waals surface area contributed by atoms with Gasteiger partial charge in [0.2, 0.25) is 35.4 Å². The number of alkyl carbamates (subject to hydrolysis) is 1. The number of halogens is 1. The van der Waals surface area contributed by atoms with Crippen molar-refractivity contribution in [3.05, 3.63) is 140 Å². The minimum atomic E-state index is -2.05. The summed E-state index contributed by atoms with van der Waals surface area (Å²) < 4.78 is 27.6. The van der Waals surface area contributed by atoms with Crippen LogP contribution in [0.4, 0.5) is 14.9 Å². The summed E-state index contributed by atoms with van der Waals surface area (Å²) in [6, 6.07) is 15.6. The van der Waals surface area contributed by atoms with Crippen LogP contribution in [0, 0.1) is 12.7 Å². The topological polar surface area (TPSA) is 332 Å². The van der Waals surface area contributed by atoms with Crippen molar-refractivity contribution >= 4 is 75.9 Å². The number of cyclic esters (lactones) is 1. The fourth-order valence-electron chi connectivity index (χ4n) is 11.1. The van der Waals surface area contributed by atoms with Crippen LogP contribution in [-0.4, -0.2) is 117 Å². The maximum atomic E-state index is 15.4. The first-order valence-electron chi connectivity index (χ1n) is 28.3. The zero-order valence-electron chi connectivity index (χ0n) is 47.5. The van der Waals surface area contributed by atoms with Crippen LogP contribution in [0.2, 0.25) is 0 Å². The first-order valence-corrected chi connectivity index (χ1v) is 28.3. The number of benzene rings is 3. The Morgan fingerprint density at radius 2 is 1.52 bits per heavy atom. The first kappa shape index (κ1) is 60.9. The lowest BCUT2D eigenvalue weighted by molar-refractivity contribution is -0.172. The number of ether oxygens (including phenoxy) is 2. The summed E-state index contributed by atoms with van der Waals surface area (Å²) in [5.41, 5.74) is 2.96. The summed E-state index contributed by atoms with van der Waals surface area (Å²) >= 11 is 0. The zero-order chi connectivity index (χ0) is 61.4. The molecule has 4 aliphatic rings. The lowest BCUT2D eigenvalue weighted by Gasteiger charge is -2.31. The maximum Gasteiger partial charge on any atom is 0.407 e. The van der Waals surface area contributed by atoms with E-state index >= 15 is 4.39 Å². The quantitative estimate of drug-likeness (QED) is 0.0245. The van der Waals surface area contributed by atoms with E-state index in [0.717, 1.165) is 10.5 Å². The Labute approximate surface area is 492 Å². The van der Waals surface area contributed by atoms with E-state index in [0.29, 0.717) is 87.9 Å². The summed E-state index contributed by atoms with van der Waals surface area (Å²) in [6.07, 6.45) is 3.97. The first-order chi connectivity index (χ1) is 41.2. The molecule has 0 radical (unpaired) electrons. The standard InChI is InChI=1S/C61H65FN10O14/c1-4-61(84)41-25-46-56-39(30-72(46)58(81)40(41)32-85-59(61)82)55-43(19-18-38-34(3)42(62)26-44(70-56)54(38)55)68-48(74)23-33(2)66-60(83)86-31-36-14-16-37(17-15-36)67-50(76)29-65-57(80)45(24-35-11-7-5-8-12-35)69-51(77)28-64-49(75)27-63-47(73)13-9-6-10-22-71-52(78)20-21-53(71)79/h5,7-8,11-12,14-17,20-21,25-26,33,43,45,84H,4,6,9-10,13,18-19,22-24,27-32H2,1-3H3,(H,63,73)(H,64,75)(H,65,80)(H,66,83)(H,67,76)(H,68,74)(H,69,77)/t33-,43-,45-,61-/m0/s1. The number of hydrogen-bond donors (Lipinski definition) is 8. The molecule has 86 heavy (non-hydrogen) atoms. The molecule has 0 spiro atoms. The number of carbonyl (C=O) groups is 10. The molecular weight excluding hydrogens is 1120 g/mol. The molecule has 24 nitrogen and oxygen atoms in total. The van der Waals surface area contributed by atoms with Gasteiger partial charge in [0.1, 0.15) is 25.1 Å². The molecule has 9 amide bonds. The number of fused-ring (bicyclic) bond motifs is 5. The number of rotatable bonds is 24. The SMILES string of the molecule is CC[C@@]1(O)C(=O)OCc2c1cc1n(c2=O)Cc2c-1nc1cc(F)c(C)c3c1c2[C@@H](NC(=O)C[C@H](C)NC(=O)OCc1ccc(NC(=O)CNC(=O)[C@H](Cc2ccccc2)NC(=O)CNC(=O)CNC(=O)CCCCCN2C(=O)C=CC2=O)cc1)CC3. The van der Waals surface area contributed by atoms with Crippen molar-refractivity contribution in [2.24, 2.45) is 0 Å². The molecule has 0 saturated carbocycles. The van der Waals surface area contributed by atoms with E-state index in [-0.39, 0.29) is 74.9 Å². The average Bonchev–Trinajstić information content (AvgIpc) is 1.49. The second-order valence-corrected chi connectivity index (χ2v) is 21.6. The van der Waals surface area contributed by atoms with E-state index in [2.05, 4.69) is 37.2 Å². The smallest absolute Gasteiger partial charge is 0.407 e. The number of unbranched alkanes of at least 4 members (excludes halogenated alkanes) is 2. The molecule has 2 aromatic heterocycles. The number of aromatic nitrogens is 2. The van der Waals surface area contributed by atoms with E-state index in [9.17, 15) is 57.8 Å². The van der Waals surface area contributed by atoms with Crippen LogP contribution in [0.25, 0.3) is 22.3 Å². The van der Waals surface area contributed by atoms with Crippen LogP contribution in [0.5, 0.6) is 0 Å². The Kier molecular flexibility index (Phi) is 18.8. The summed E-state index contributed by atoms with van der Waals surface area (Å²) in [4.78, 5) is 147. The van der Waals surface area contributed by atoms with E-state index in [1.165, 1.54) is 22.8 Å². The molecular formula is C61H65FN10O14. The maximum absolute atomic E-state index is 15.4. The fraction of sp³-hybridized carbons (Fsp3) is 0.377. The predicted molar refractivity (Wildman–Crippen MR) is 306 cm³/mol. The van der Waals surface area contributed by atoms with Crippen LogP contribution < -0.4 is 42.8 Å². The Bertz CT molecular complexity index is 3650. The molecule has 25 heteroatoms. The van der Waals surface area contributed by atoms with Crippen LogP contribution in [0.3, 0.4) is 0 Å². The van der Waals surface area contributed by atoms with Gasteiger partial charge < -0.3 is 56.4 Å². The number of anilines is 1. The van der Waals surface area contributed by atoms with E-state index in [1.807, 2.05) is 0 Å². The molecule has 3 aromatic carbocycles. The summed E-state index contributed by atoms with van der Waals surface area (Å²) in [5, 5.41) is 30.5. The molecule has 9 rings (SSSR count). The highest BCUT2D eigenvalue weighted by atomic mass is 19.1. The average molecular weight is 1180 g/mol. The second kappa shape index (κ2) is 26.5. The van der Waals surface area contributed by atoms with Crippen molar-refractivity contribution in [3.8, 4) is 11.4 Å². The third kappa shape index (κ3) is 13.8. The number of hydrogen-bond acceptors (Lipinski definition) is 15. The van der Waals surface area contributed by atoms with Gasteiger partial charge in [-0.25, -0.2) is 19.0 Å². The van der Waals surface area contributed by atoms with Gasteiger partial charge in [-0.1, -0.05) is 55.8 Å². The van der Waals surface area contributed by atoms with Crippen molar-refractivity contribution < 1.29 is 66.9 Å². The zero-order valence-corrected chi connectivity index (χ0v) is 47.5. The molecule has 8 N–H and O–H groups in total. The summed E-state index contributed by atoms with van der Waals surface area (Å²) in [7, 11) is 0. The van der Waals surface area contributed by atoms with Gasteiger partial charge in [-0.15, -0.1) is 0 Å². The van der Waals surface area contributed by atoms with Gasteiger partial charge in [0.15, 0.2) is 5.60 Å². The van der Waals surface area contributed by atoms with Gasteiger partial charge in [0.25, 0.3) is 17.4 Å². The Morgan fingerprint density at radius 3 is 2.26 bits per heavy atom. The number of aliphatic hydroxyl groups is 1. The molecule has 3 aliphatic heterocycles. The molecule has 1 aliphatic carbocycles. The monoisotopic (exact) mass is 1180 g/mol. The largest absolute Gasteiger partial charge is 0.458 e. The van der Waals surface area contributed by atoms with Gasteiger partial charge in [0.05, 0.1) is 54.7 Å². The molecule has 0 saturated heterocycles. The number of aryl methyl sites for hydroxylation is 1. The molecule has 5 aromatic rings. The third-order valence-electron chi connectivity index (χ3n) is 15.6.